The maximum atomic E-state index is 6.63. The molecule has 2 aromatic heterocycles. The highest BCUT2D eigenvalue weighted by atomic mass is 16.3. The van der Waals surface area contributed by atoms with Crippen LogP contribution in [0, 0.1) is 0 Å². The highest BCUT2D eigenvalue weighted by Gasteiger charge is 2.36. The fourth-order valence-electron chi connectivity index (χ4n) is 10.7. The number of furan rings is 2. The third kappa shape index (κ3) is 5.41. The first-order chi connectivity index (χ1) is 31.5. The maximum absolute atomic E-state index is 6.63. The van der Waals surface area contributed by atoms with Gasteiger partial charge in [0.25, 0.3) is 0 Å². The lowest BCUT2D eigenvalue weighted by atomic mass is 9.82. The molecule has 0 spiro atoms. The number of rotatable bonds is 6. The molecule has 0 saturated carbocycles. The minimum Gasteiger partial charge on any atom is -0.456 e. The Morgan fingerprint density at radius 1 is 0.375 bits per heavy atom. The molecule has 0 amide bonds. The molecule has 302 valence electrons. The van der Waals surface area contributed by atoms with Gasteiger partial charge in [0, 0.05) is 49.5 Å². The molecule has 12 aromatic rings. The molecular formula is C61H41NO2. The first-order valence-electron chi connectivity index (χ1n) is 22.1. The normalized spacial score (nSPS) is 13.0. The molecule has 0 fully saturated rings. The fraction of sp³-hybridized carbons (Fsp3) is 0.0492. The van der Waals surface area contributed by atoms with E-state index in [0.29, 0.717) is 0 Å². The smallest absolute Gasteiger partial charge is 0.143 e. The van der Waals surface area contributed by atoms with Crippen LogP contribution in [0.4, 0.5) is 17.1 Å². The van der Waals surface area contributed by atoms with Crippen molar-refractivity contribution in [2.45, 2.75) is 19.3 Å². The minimum absolute atomic E-state index is 0.190. The molecule has 13 rings (SSSR count). The molecule has 0 bridgehead atoms. The predicted molar refractivity (Wildman–Crippen MR) is 267 cm³/mol. The van der Waals surface area contributed by atoms with Crippen molar-refractivity contribution in [3.8, 4) is 44.5 Å². The Hall–Kier alpha value is -8.14. The van der Waals surface area contributed by atoms with Crippen LogP contribution < -0.4 is 4.90 Å². The van der Waals surface area contributed by atoms with Gasteiger partial charge in [0.2, 0.25) is 0 Å². The molecule has 0 atom stereocenters. The third-order valence-corrected chi connectivity index (χ3v) is 13.7. The summed E-state index contributed by atoms with van der Waals surface area (Å²) < 4.78 is 13.2. The highest BCUT2D eigenvalue weighted by Crippen LogP contribution is 2.53. The molecule has 0 N–H and O–H groups in total. The first kappa shape index (κ1) is 36.5. The Bertz CT molecular complexity index is 3840. The fourth-order valence-corrected chi connectivity index (χ4v) is 10.7. The zero-order chi connectivity index (χ0) is 42.5. The summed E-state index contributed by atoms with van der Waals surface area (Å²) in [5.74, 6) is 0. The Kier molecular flexibility index (Phi) is 7.95. The van der Waals surface area contributed by atoms with Crippen molar-refractivity contribution in [3.63, 3.8) is 0 Å². The van der Waals surface area contributed by atoms with E-state index in [1.54, 1.807) is 0 Å². The van der Waals surface area contributed by atoms with Crippen molar-refractivity contribution in [2.24, 2.45) is 0 Å². The van der Waals surface area contributed by atoms with Gasteiger partial charge in [-0.1, -0.05) is 178 Å². The lowest BCUT2D eigenvalue weighted by molar-refractivity contribution is 0.660. The SMILES string of the molecule is CC1(C)c2ccccc2-c2ccc(N(c3cccc(-c4cccc5c4oc4ccccc45)c3)c3cccc(-c4cccc5oc6ccccc6c45)c3-c3cccc4ccccc34)cc21. The van der Waals surface area contributed by atoms with E-state index in [0.717, 1.165) is 94.3 Å². The lowest BCUT2D eigenvalue weighted by Crippen LogP contribution is -2.17. The molecule has 0 saturated heterocycles. The van der Waals surface area contributed by atoms with Crippen LogP contribution >= 0.6 is 0 Å². The molecule has 0 aliphatic heterocycles. The lowest BCUT2D eigenvalue weighted by Gasteiger charge is -2.31. The Morgan fingerprint density at radius 2 is 0.969 bits per heavy atom. The van der Waals surface area contributed by atoms with E-state index in [1.807, 2.05) is 12.1 Å². The van der Waals surface area contributed by atoms with Crippen molar-refractivity contribution in [1.82, 2.24) is 0 Å². The number of hydrogen-bond donors (Lipinski definition) is 0. The molecule has 0 unspecified atom stereocenters. The Labute approximate surface area is 371 Å². The standard InChI is InChI=1S/C61H41NO2/c1-61(2)52-29-8-5-21-44(52)45-35-34-41(37-53(45)61)62(40-19-11-18-39(36-40)43-24-13-28-50-46-22-6-9-31-55(46)64-60(43)50)54-30-14-26-48(58(54)47-25-12-17-38-16-3-4-20-42(38)47)49-27-15-33-57-59(49)51-23-7-10-32-56(51)63-57/h3-37H,1-2H3. The minimum atomic E-state index is -0.190. The molecule has 1 aliphatic carbocycles. The second-order valence-electron chi connectivity index (χ2n) is 17.6. The summed E-state index contributed by atoms with van der Waals surface area (Å²) in [6, 6.07) is 76.9. The maximum Gasteiger partial charge on any atom is 0.143 e. The summed E-state index contributed by atoms with van der Waals surface area (Å²) in [4.78, 5) is 2.48. The van der Waals surface area contributed by atoms with Crippen LogP contribution in [0.3, 0.4) is 0 Å². The van der Waals surface area contributed by atoms with E-state index in [4.69, 9.17) is 8.83 Å². The topological polar surface area (TPSA) is 29.5 Å². The van der Waals surface area contributed by atoms with Crippen LogP contribution in [0.2, 0.25) is 0 Å². The number of anilines is 3. The van der Waals surface area contributed by atoms with Gasteiger partial charge in [-0.2, -0.15) is 0 Å². The average molecular weight is 820 g/mol. The van der Waals surface area contributed by atoms with Crippen molar-refractivity contribution in [1.29, 1.82) is 0 Å². The van der Waals surface area contributed by atoms with Crippen LogP contribution in [0.25, 0.3) is 99.2 Å². The summed E-state index contributed by atoms with van der Waals surface area (Å²) in [7, 11) is 0. The van der Waals surface area contributed by atoms with Gasteiger partial charge in [-0.25, -0.2) is 0 Å². The zero-order valence-corrected chi connectivity index (χ0v) is 35.5. The van der Waals surface area contributed by atoms with Gasteiger partial charge in [-0.3, -0.25) is 0 Å². The van der Waals surface area contributed by atoms with Crippen LogP contribution in [0.5, 0.6) is 0 Å². The summed E-state index contributed by atoms with van der Waals surface area (Å²) >= 11 is 0. The molecule has 64 heavy (non-hydrogen) atoms. The average Bonchev–Trinajstić information content (AvgIpc) is 3.99. The van der Waals surface area contributed by atoms with Crippen molar-refractivity contribution in [2.75, 3.05) is 4.90 Å². The van der Waals surface area contributed by atoms with E-state index in [1.165, 1.54) is 33.0 Å². The van der Waals surface area contributed by atoms with Gasteiger partial charge in [0.1, 0.15) is 22.3 Å². The summed E-state index contributed by atoms with van der Waals surface area (Å²) in [5, 5.41) is 6.84. The largest absolute Gasteiger partial charge is 0.456 e. The van der Waals surface area contributed by atoms with Crippen LogP contribution in [-0.4, -0.2) is 0 Å². The molecule has 10 aromatic carbocycles. The second-order valence-corrected chi connectivity index (χ2v) is 17.6. The molecule has 0 radical (unpaired) electrons. The van der Waals surface area contributed by atoms with Crippen molar-refractivity contribution < 1.29 is 8.83 Å². The van der Waals surface area contributed by atoms with Crippen molar-refractivity contribution in [3.05, 3.63) is 223 Å². The van der Waals surface area contributed by atoms with Gasteiger partial charge in [-0.05, 0) is 104 Å². The van der Waals surface area contributed by atoms with Gasteiger partial charge in [-0.15, -0.1) is 0 Å². The zero-order valence-electron chi connectivity index (χ0n) is 35.5. The van der Waals surface area contributed by atoms with Gasteiger partial charge < -0.3 is 13.7 Å². The Morgan fingerprint density at radius 3 is 1.88 bits per heavy atom. The quantitative estimate of drug-likeness (QED) is 0.167. The van der Waals surface area contributed by atoms with Crippen LogP contribution in [-0.2, 0) is 5.41 Å². The Balaban J connectivity index is 1.12. The van der Waals surface area contributed by atoms with Gasteiger partial charge in [0.05, 0.1) is 5.69 Å². The number of nitrogens with zero attached hydrogens (tertiary/aromatic N) is 1. The summed E-state index contributed by atoms with van der Waals surface area (Å²) in [6.07, 6.45) is 0. The van der Waals surface area contributed by atoms with Crippen molar-refractivity contribution >= 4 is 71.7 Å². The van der Waals surface area contributed by atoms with E-state index >= 15 is 0 Å². The number of para-hydroxylation sites is 3. The highest BCUT2D eigenvalue weighted by molar-refractivity contribution is 6.16. The molecule has 3 nitrogen and oxygen atoms in total. The predicted octanol–water partition coefficient (Wildman–Crippen LogP) is 17.4. The second kappa shape index (κ2) is 13.9. The molecule has 1 aliphatic rings. The monoisotopic (exact) mass is 819 g/mol. The van der Waals surface area contributed by atoms with E-state index in [2.05, 4.69) is 219 Å². The summed E-state index contributed by atoms with van der Waals surface area (Å²) in [6.45, 7) is 4.72. The number of fused-ring (bicyclic) bond motifs is 10. The van der Waals surface area contributed by atoms with Crippen LogP contribution in [0.1, 0.15) is 25.0 Å². The number of hydrogen-bond acceptors (Lipinski definition) is 3. The van der Waals surface area contributed by atoms with Gasteiger partial charge >= 0.3 is 0 Å². The molecule has 2 heterocycles. The van der Waals surface area contributed by atoms with Crippen LogP contribution in [0.15, 0.2) is 221 Å². The number of benzene rings is 10. The van der Waals surface area contributed by atoms with E-state index in [-0.39, 0.29) is 5.41 Å². The molecule has 3 heteroatoms. The molecular weight excluding hydrogens is 779 g/mol. The first-order valence-corrected chi connectivity index (χ1v) is 22.1. The summed E-state index contributed by atoms with van der Waals surface area (Å²) in [5.41, 5.74) is 18.5. The third-order valence-electron chi connectivity index (χ3n) is 13.7. The van der Waals surface area contributed by atoms with E-state index < -0.39 is 0 Å². The van der Waals surface area contributed by atoms with E-state index in [9.17, 15) is 0 Å². The van der Waals surface area contributed by atoms with Gasteiger partial charge in [0.15, 0.2) is 0 Å².